The first-order chi connectivity index (χ1) is 11.1. The molecule has 5 nitrogen and oxygen atoms in total. The molecule has 2 aromatic carbocycles. The van der Waals surface area contributed by atoms with Crippen molar-refractivity contribution < 1.29 is 9.66 Å². The molecular weight excluding hydrogens is 316 g/mol. The molecule has 2 rings (SSSR count). The molecule has 0 atom stereocenters. The number of non-ortho nitro benzene ring substituents is 1. The van der Waals surface area contributed by atoms with Crippen molar-refractivity contribution in [2.24, 2.45) is 0 Å². The number of nitrogens with zero attached hydrogens (tertiary/aromatic N) is 1. The van der Waals surface area contributed by atoms with Gasteiger partial charge in [0.1, 0.15) is 0 Å². The molecule has 23 heavy (non-hydrogen) atoms. The number of nitro benzene ring substituents is 1. The van der Waals surface area contributed by atoms with Gasteiger partial charge in [-0.2, -0.15) is 0 Å². The minimum atomic E-state index is -0.462. The molecule has 0 aliphatic heterocycles. The Bertz CT molecular complexity index is 677. The highest BCUT2D eigenvalue weighted by Gasteiger charge is 2.10. The van der Waals surface area contributed by atoms with Crippen LogP contribution in [0.2, 0.25) is 5.02 Å². The zero-order chi connectivity index (χ0) is 16.7. The van der Waals surface area contributed by atoms with E-state index in [2.05, 4.69) is 12.2 Å². The number of nitro groups is 1. The van der Waals surface area contributed by atoms with Crippen molar-refractivity contribution in [3.05, 3.63) is 68.7 Å². The number of rotatable bonds is 8. The number of benzene rings is 2. The summed E-state index contributed by atoms with van der Waals surface area (Å²) in [5.74, 6) is 0. The van der Waals surface area contributed by atoms with Crippen LogP contribution < -0.4 is 5.32 Å². The van der Waals surface area contributed by atoms with Crippen molar-refractivity contribution in [3.63, 3.8) is 0 Å². The molecule has 122 valence electrons. The maximum absolute atomic E-state index is 10.7. The molecule has 0 aliphatic rings. The fraction of sp³-hybridized carbons (Fsp3) is 0.294. The number of hydrogen-bond acceptors (Lipinski definition) is 4. The quantitative estimate of drug-likeness (QED) is 0.428. The monoisotopic (exact) mass is 334 g/mol. The van der Waals surface area contributed by atoms with E-state index in [4.69, 9.17) is 16.3 Å². The van der Waals surface area contributed by atoms with Crippen molar-refractivity contribution in [1.82, 2.24) is 0 Å². The summed E-state index contributed by atoms with van der Waals surface area (Å²) in [6, 6.07) is 12.4. The lowest BCUT2D eigenvalue weighted by Gasteiger charge is -2.12. The Kier molecular flexibility index (Phi) is 6.38. The zero-order valence-corrected chi connectivity index (χ0v) is 13.7. The van der Waals surface area contributed by atoms with Crippen LogP contribution in [0.3, 0.4) is 0 Å². The molecule has 1 N–H and O–H groups in total. The number of anilines is 1. The highest BCUT2D eigenvalue weighted by atomic mass is 35.5. The predicted molar refractivity (Wildman–Crippen MR) is 91.8 cm³/mol. The zero-order valence-electron chi connectivity index (χ0n) is 12.9. The standard InChI is InChI=1S/C17H19ClN2O3/c1-2-9-23-12-14-6-4-3-5-13(14)11-19-17-8-7-15(20(21)22)10-16(17)18/h3-8,10,19H,2,9,11-12H2,1H3. The van der Waals surface area contributed by atoms with Crippen molar-refractivity contribution in [3.8, 4) is 0 Å². The van der Waals surface area contributed by atoms with E-state index in [9.17, 15) is 10.1 Å². The van der Waals surface area contributed by atoms with Gasteiger partial charge in [-0.25, -0.2) is 0 Å². The van der Waals surface area contributed by atoms with E-state index in [-0.39, 0.29) is 5.69 Å². The van der Waals surface area contributed by atoms with Crippen molar-refractivity contribution in [2.75, 3.05) is 11.9 Å². The smallest absolute Gasteiger partial charge is 0.271 e. The molecular formula is C17H19ClN2O3. The Balaban J connectivity index is 2.05. The highest BCUT2D eigenvalue weighted by molar-refractivity contribution is 6.33. The SMILES string of the molecule is CCCOCc1ccccc1CNc1ccc([N+](=O)[O-])cc1Cl. The Morgan fingerprint density at radius 2 is 1.96 bits per heavy atom. The van der Waals surface area contributed by atoms with Crippen LogP contribution in [0.1, 0.15) is 24.5 Å². The summed E-state index contributed by atoms with van der Waals surface area (Å²) in [6.45, 7) is 3.95. The third kappa shape index (κ3) is 4.94. The van der Waals surface area contributed by atoms with Gasteiger partial charge in [0.05, 0.1) is 22.2 Å². The van der Waals surface area contributed by atoms with Gasteiger partial charge in [-0.1, -0.05) is 42.8 Å². The molecule has 0 aliphatic carbocycles. The van der Waals surface area contributed by atoms with E-state index >= 15 is 0 Å². The van der Waals surface area contributed by atoms with Gasteiger partial charge in [0.25, 0.3) is 5.69 Å². The summed E-state index contributed by atoms with van der Waals surface area (Å²) >= 11 is 6.09. The van der Waals surface area contributed by atoms with Crippen LogP contribution in [0.25, 0.3) is 0 Å². The molecule has 0 saturated heterocycles. The number of ether oxygens (including phenoxy) is 1. The lowest BCUT2D eigenvalue weighted by Crippen LogP contribution is -2.05. The first-order valence-corrected chi connectivity index (χ1v) is 7.82. The Labute approximate surface area is 140 Å². The van der Waals surface area contributed by atoms with Crippen molar-refractivity contribution >= 4 is 23.0 Å². The maximum atomic E-state index is 10.7. The molecule has 0 bridgehead atoms. The van der Waals surface area contributed by atoms with E-state index < -0.39 is 4.92 Å². The number of nitrogens with one attached hydrogen (secondary N) is 1. The number of hydrogen-bond donors (Lipinski definition) is 1. The molecule has 0 spiro atoms. The second-order valence-electron chi connectivity index (χ2n) is 5.10. The summed E-state index contributed by atoms with van der Waals surface area (Å²) in [4.78, 5) is 10.3. The van der Waals surface area contributed by atoms with E-state index in [1.807, 2.05) is 24.3 Å². The Hall–Kier alpha value is -2.11. The van der Waals surface area contributed by atoms with Crippen molar-refractivity contribution in [2.45, 2.75) is 26.5 Å². The maximum Gasteiger partial charge on any atom is 0.271 e. The van der Waals surface area contributed by atoms with Crippen LogP contribution in [0.4, 0.5) is 11.4 Å². The minimum Gasteiger partial charge on any atom is -0.380 e. The minimum absolute atomic E-state index is 0.0195. The third-order valence-electron chi connectivity index (χ3n) is 3.36. The summed E-state index contributed by atoms with van der Waals surface area (Å²) < 4.78 is 5.60. The molecule has 0 aromatic heterocycles. The molecule has 2 aromatic rings. The van der Waals surface area contributed by atoms with Crippen LogP contribution in [0.15, 0.2) is 42.5 Å². The highest BCUT2D eigenvalue weighted by Crippen LogP contribution is 2.27. The topological polar surface area (TPSA) is 64.4 Å². The fourth-order valence-electron chi connectivity index (χ4n) is 2.15. The number of halogens is 1. The van der Waals surface area contributed by atoms with Crippen molar-refractivity contribution in [1.29, 1.82) is 0 Å². The van der Waals surface area contributed by atoms with Crippen LogP contribution >= 0.6 is 11.6 Å². The van der Waals surface area contributed by atoms with Gasteiger partial charge in [-0.15, -0.1) is 0 Å². The lowest BCUT2D eigenvalue weighted by atomic mass is 10.1. The summed E-state index contributed by atoms with van der Waals surface area (Å²) in [5, 5.41) is 14.3. The molecule has 0 saturated carbocycles. The van der Waals surface area contributed by atoms with Crippen LogP contribution in [0.5, 0.6) is 0 Å². The van der Waals surface area contributed by atoms with Gasteiger partial charge in [0.15, 0.2) is 0 Å². The van der Waals surface area contributed by atoms with E-state index in [1.54, 1.807) is 6.07 Å². The van der Waals surface area contributed by atoms with E-state index in [0.29, 0.717) is 23.9 Å². The van der Waals surface area contributed by atoms with Crippen LogP contribution in [-0.2, 0) is 17.9 Å². The first kappa shape index (κ1) is 17.2. The van der Waals surface area contributed by atoms with E-state index in [0.717, 1.165) is 24.2 Å². The van der Waals surface area contributed by atoms with Crippen LogP contribution in [0, 0.1) is 10.1 Å². The second-order valence-corrected chi connectivity index (χ2v) is 5.50. The van der Waals surface area contributed by atoms with Gasteiger partial charge in [0, 0.05) is 25.3 Å². The summed E-state index contributed by atoms with van der Waals surface area (Å²) in [5.41, 5.74) is 2.87. The van der Waals surface area contributed by atoms with Gasteiger partial charge in [-0.3, -0.25) is 10.1 Å². The predicted octanol–water partition coefficient (Wildman–Crippen LogP) is 4.79. The van der Waals surface area contributed by atoms with Gasteiger partial charge < -0.3 is 10.1 Å². The van der Waals surface area contributed by atoms with Crippen LogP contribution in [-0.4, -0.2) is 11.5 Å². The van der Waals surface area contributed by atoms with Gasteiger partial charge >= 0.3 is 0 Å². The lowest BCUT2D eigenvalue weighted by molar-refractivity contribution is -0.384. The normalized spacial score (nSPS) is 10.5. The molecule has 0 radical (unpaired) electrons. The average molecular weight is 335 g/mol. The second kappa shape index (κ2) is 8.50. The molecule has 0 amide bonds. The molecule has 6 heteroatoms. The average Bonchev–Trinajstić information content (AvgIpc) is 2.55. The van der Waals surface area contributed by atoms with E-state index in [1.165, 1.54) is 12.1 Å². The summed E-state index contributed by atoms with van der Waals surface area (Å²) in [6.07, 6.45) is 0.985. The largest absolute Gasteiger partial charge is 0.380 e. The fourth-order valence-corrected chi connectivity index (χ4v) is 2.39. The Morgan fingerprint density at radius 1 is 1.22 bits per heavy atom. The summed E-state index contributed by atoms with van der Waals surface area (Å²) in [7, 11) is 0. The molecule has 0 fully saturated rings. The third-order valence-corrected chi connectivity index (χ3v) is 3.67. The molecule has 0 unspecified atom stereocenters. The first-order valence-electron chi connectivity index (χ1n) is 7.44. The Morgan fingerprint density at radius 3 is 2.61 bits per heavy atom. The van der Waals surface area contributed by atoms with Gasteiger partial charge in [0.2, 0.25) is 0 Å². The van der Waals surface area contributed by atoms with Gasteiger partial charge in [-0.05, 0) is 23.6 Å². The molecule has 0 heterocycles.